The Kier molecular flexibility index (Phi) is 7.77. The number of carbonyl (C=O) groups is 2. The van der Waals surface area contributed by atoms with Crippen LogP contribution in [-0.4, -0.2) is 89.9 Å². The first-order valence-corrected chi connectivity index (χ1v) is 12.4. The molecule has 1 N–H and O–H groups in total. The first-order chi connectivity index (χ1) is 19.0. The zero-order chi connectivity index (χ0) is 27.4. The summed E-state index contributed by atoms with van der Waals surface area (Å²) in [6, 6.07) is 6.41. The molecular weight excluding hydrogens is 508 g/mol. The number of amides is 2. The number of hydrogen-bond donors (Lipinski definition) is 1. The Labute approximate surface area is 224 Å². The van der Waals surface area contributed by atoms with Crippen LogP contribution in [0.15, 0.2) is 36.7 Å². The molecule has 2 aliphatic rings. The van der Waals surface area contributed by atoms with Gasteiger partial charge in [0.25, 0.3) is 5.91 Å². The third kappa shape index (κ3) is 5.72. The molecule has 13 nitrogen and oxygen atoms in total. The van der Waals surface area contributed by atoms with Gasteiger partial charge in [0, 0.05) is 19.3 Å². The fourth-order valence-corrected chi connectivity index (χ4v) is 4.68. The van der Waals surface area contributed by atoms with E-state index in [1.165, 1.54) is 27.5 Å². The summed E-state index contributed by atoms with van der Waals surface area (Å²) in [4.78, 5) is 32.5. The third-order valence-corrected chi connectivity index (χ3v) is 6.61. The summed E-state index contributed by atoms with van der Waals surface area (Å²) in [5.74, 6) is 1.19. The maximum atomic E-state index is 13.4. The van der Waals surface area contributed by atoms with E-state index < -0.39 is 18.1 Å². The van der Waals surface area contributed by atoms with Gasteiger partial charge in [0.1, 0.15) is 12.3 Å². The van der Waals surface area contributed by atoms with Crippen LogP contribution in [0.5, 0.6) is 23.0 Å². The van der Waals surface area contributed by atoms with Crippen molar-refractivity contribution in [2.75, 3.05) is 41.0 Å². The van der Waals surface area contributed by atoms with E-state index in [1.807, 2.05) is 0 Å². The van der Waals surface area contributed by atoms with Crippen molar-refractivity contribution in [3.05, 3.63) is 53.6 Å². The number of rotatable bonds is 5. The summed E-state index contributed by atoms with van der Waals surface area (Å²) in [5, 5.41) is 11.3. The van der Waals surface area contributed by atoms with Crippen LogP contribution in [0.4, 0.5) is 0 Å². The molecule has 0 radical (unpaired) electrons. The summed E-state index contributed by atoms with van der Waals surface area (Å²) >= 11 is 0. The third-order valence-electron chi connectivity index (χ3n) is 6.61. The number of aromatic nitrogens is 4. The van der Waals surface area contributed by atoms with Crippen LogP contribution in [-0.2, 0) is 29.1 Å². The summed E-state index contributed by atoms with van der Waals surface area (Å²) in [6.07, 6.45) is 2.94. The molecule has 0 aliphatic carbocycles. The molecule has 1 fully saturated rings. The first-order valence-electron chi connectivity index (χ1n) is 12.4. The van der Waals surface area contributed by atoms with E-state index in [0.717, 1.165) is 0 Å². The number of ether oxygens (including phenoxy) is 5. The van der Waals surface area contributed by atoms with Gasteiger partial charge in [-0.1, -0.05) is 5.21 Å². The molecule has 39 heavy (non-hydrogen) atoms. The van der Waals surface area contributed by atoms with E-state index in [-0.39, 0.29) is 44.3 Å². The number of benzene rings is 1. The average molecular weight is 539 g/mol. The molecule has 1 saturated heterocycles. The topological polar surface area (TPSA) is 139 Å². The van der Waals surface area contributed by atoms with Gasteiger partial charge in [0.05, 0.1) is 59.2 Å². The lowest BCUT2D eigenvalue weighted by molar-refractivity contribution is -0.130. The fourth-order valence-electron chi connectivity index (χ4n) is 4.68. The molecule has 206 valence electrons. The minimum atomic E-state index is -0.478. The summed E-state index contributed by atoms with van der Waals surface area (Å²) in [5.41, 5.74) is 1.50. The largest absolute Gasteiger partial charge is 0.493 e. The van der Waals surface area contributed by atoms with Crippen molar-refractivity contribution >= 4 is 11.8 Å². The summed E-state index contributed by atoms with van der Waals surface area (Å²) in [6.45, 7) is 1.45. The summed E-state index contributed by atoms with van der Waals surface area (Å²) < 4.78 is 29.8. The molecule has 5 rings (SSSR count). The Hall–Kier alpha value is -4.39. The number of pyridine rings is 1. The van der Waals surface area contributed by atoms with Crippen LogP contribution >= 0.6 is 0 Å². The van der Waals surface area contributed by atoms with Crippen molar-refractivity contribution in [2.45, 2.75) is 31.7 Å². The van der Waals surface area contributed by atoms with Crippen molar-refractivity contribution < 1.29 is 33.3 Å². The van der Waals surface area contributed by atoms with E-state index in [9.17, 15) is 9.59 Å². The van der Waals surface area contributed by atoms with Gasteiger partial charge < -0.3 is 33.9 Å². The molecule has 2 amide bonds. The maximum Gasteiger partial charge on any atom is 0.274 e. The molecule has 1 aromatic carbocycles. The van der Waals surface area contributed by atoms with Crippen LogP contribution < -0.4 is 24.3 Å². The molecule has 0 saturated carbocycles. The van der Waals surface area contributed by atoms with Gasteiger partial charge in [-0.05, 0) is 29.8 Å². The zero-order valence-electron chi connectivity index (χ0n) is 22.0. The van der Waals surface area contributed by atoms with Crippen LogP contribution in [0.1, 0.15) is 21.7 Å². The Morgan fingerprint density at radius 1 is 1.15 bits per heavy atom. The second-order valence-corrected chi connectivity index (χ2v) is 9.11. The van der Waals surface area contributed by atoms with Crippen molar-refractivity contribution in [2.24, 2.45) is 0 Å². The van der Waals surface area contributed by atoms with Gasteiger partial charge >= 0.3 is 0 Å². The normalized spacial score (nSPS) is 19.2. The van der Waals surface area contributed by atoms with Gasteiger partial charge in [-0.2, -0.15) is 0 Å². The first kappa shape index (κ1) is 26.2. The second-order valence-electron chi connectivity index (χ2n) is 9.11. The van der Waals surface area contributed by atoms with Crippen molar-refractivity contribution in [1.82, 2.24) is 30.2 Å². The molecule has 13 heteroatoms. The maximum absolute atomic E-state index is 13.4. The molecule has 2 aromatic heterocycles. The number of likely N-dealkylation sites (tertiary alicyclic amines) is 1. The Balaban J connectivity index is 1.36. The van der Waals surface area contributed by atoms with Crippen molar-refractivity contribution in [3.63, 3.8) is 0 Å². The monoisotopic (exact) mass is 538 g/mol. The molecule has 0 spiro atoms. The lowest BCUT2D eigenvalue weighted by atomic mass is 10.1. The van der Waals surface area contributed by atoms with Crippen LogP contribution in [0, 0.1) is 0 Å². The highest BCUT2D eigenvalue weighted by molar-refractivity contribution is 5.95. The standard InChI is InChI=1S/C26H30N6O7/c1-35-20-9-16(10-21(36-2)25(20)37-3)11-23(33)31-13-18-22(14-31)39-15-17-12-32(30-29-17)7-8-38-19-5-4-6-27-24(19)26(34)28-18/h4-6,9-10,12,18,22H,7-8,11,13-15H2,1-3H3,(H,28,34)/t18-,22-/m0/s1. The number of nitrogens with one attached hydrogen (secondary N) is 1. The van der Waals surface area contributed by atoms with Crippen LogP contribution in [0.2, 0.25) is 0 Å². The van der Waals surface area contributed by atoms with Gasteiger partial charge in [-0.3, -0.25) is 9.59 Å². The Morgan fingerprint density at radius 2 is 1.95 bits per heavy atom. The average Bonchev–Trinajstić information content (AvgIpc) is 3.57. The number of hydrogen-bond acceptors (Lipinski definition) is 10. The van der Waals surface area contributed by atoms with Crippen LogP contribution in [0.3, 0.4) is 0 Å². The smallest absolute Gasteiger partial charge is 0.274 e. The number of nitrogens with zero attached hydrogens (tertiary/aromatic N) is 5. The quantitative estimate of drug-likeness (QED) is 0.498. The van der Waals surface area contributed by atoms with E-state index in [0.29, 0.717) is 40.8 Å². The predicted octanol–water partition coefficient (Wildman–Crippen LogP) is 0.860. The lowest BCUT2D eigenvalue weighted by Gasteiger charge is -2.20. The van der Waals surface area contributed by atoms with Gasteiger partial charge in [0.2, 0.25) is 11.7 Å². The highest BCUT2D eigenvalue weighted by Gasteiger charge is 2.38. The van der Waals surface area contributed by atoms with Gasteiger partial charge in [0.15, 0.2) is 22.9 Å². The molecule has 0 unspecified atom stereocenters. The van der Waals surface area contributed by atoms with E-state index in [1.54, 1.807) is 40.0 Å². The van der Waals surface area contributed by atoms with Crippen LogP contribution in [0.25, 0.3) is 0 Å². The van der Waals surface area contributed by atoms with Crippen molar-refractivity contribution in [1.29, 1.82) is 0 Å². The number of fused-ring (bicyclic) bond motifs is 4. The SMILES string of the molecule is COc1cc(CC(=O)N2C[C@@H]3NC(=O)c4ncccc4OCCn4cc(nn4)CO[C@H]3C2)cc(OC)c1OC. The van der Waals surface area contributed by atoms with Gasteiger partial charge in [-0.25, -0.2) is 9.67 Å². The second kappa shape index (κ2) is 11.6. The molecule has 2 aliphatic heterocycles. The minimum Gasteiger partial charge on any atom is -0.493 e. The molecule has 2 bridgehead atoms. The van der Waals surface area contributed by atoms with E-state index in [4.69, 9.17) is 23.7 Å². The Bertz CT molecular complexity index is 1320. The molecule has 2 atom stereocenters. The highest BCUT2D eigenvalue weighted by atomic mass is 16.5. The van der Waals surface area contributed by atoms with Crippen molar-refractivity contribution in [3.8, 4) is 23.0 Å². The fraction of sp³-hybridized carbons (Fsp3) is 0.423. The van der Waals surface area contributed by atoms with Gasteiger partial charge in [-0.15, -0.1) is 5.10 Å². The van der Waals surface area contributed by atoms with E-state index in [2.05, 4.69) is 20.6 Å². The zero-order valence-corrected chi connectivity index (χ0v) is 22.0. The summed E-state index contributed by atoms with van der Waals surface area (Å²) in [7, 11) is 4.57. The minimum absolute atomic E-state index is 0.0939. The number of methoxy groups -OCH3 is 3. The molecule has 4 heterocycles. The highest BCUT2D eigenvalue weighted by Crippen LogP contribution is 2.38. The molecular formula is C26H30N6O7. The molecule has 3 aromatic rings. The predicted molar refractivity (Wildman–Crippen MR) is 136 cm³/mol. The number of carbonyl (C=O) groups excluding carboxylic acids is 2. The lowest BCUT2D eigenvalue weighted by Crippen LogP contribution is -2.44. The Morgan fingerprint density at radius 3 is 2.69 bits per heavy atom. The van der Waals surface area contributed by atoms with E-state index >= 15 is 0 Å².